The molecule has 0 spiro atoms. The Morgan fingerprint density at radius 1 is 1.35 bits per heavy atom. The molecule has 1 aromatic heterocycles. The van der Waals surface area contributed by atoms with Gasteiger partial charge in [0.2, 0.25) is 11.9 Å². The summed E-state index contributed by atoms with van der Waals surface area (Å²) in [6.07, 6.45) is 4.56. The summed E-state index contributed by atoms with van der Waals surface area (Å²) in [5.41, 5.74) is 0.452. The zero-order valence-corrected chi connectivity index (χ0v) is 13.0. The van der Waals surface area contributed by atoms with Crippen LogP contribution in [-0.2, 0) is 9.59 Å². The van der Waals surface area contributed by atoms with E-state index in [-0.39, 0.29) is 22.7 Å². The first kappa shape index (κ1) is 15.6. The number of anilines is 1. The van der Waals surface area contributed by atoms with Gasteiger partial charge in [0.05, 0.1) is 10.6 Å². The molecule has 2 saturated heterocycles. The molecule has 9 heteroatoms. The van der Waals surface area contributed by atoms with Crippen molar-refractivity contribution in [1.82, 2.24) is 20.6 Å². The molecule has 0 unspecified atom stereocenters. The van der Waals surface area contributed by atoms with Crippen LogP contribution in [0.4, 0.5) is 10.7 Å². The van der Waals surface area contributed by atoms with Crippen molar-refractivity contribution in [2.24, 2.45) is 5.92 Å². The third-order valence-electron chi connectivity index (χ3n) is 3.54. The quantitative estimate of drug-likeness (QED) is 0.699. The van der Waals surface area contributed by atoms with Crippen LogP contribution < -0.4 is 16.0 Å². The van der Waals surface area contributed by atoms with E-state index in [0.717, 1.165) is 37.7 Å². The minimum atomic E-state index is -0.445. The molecule has 3 heterocycles. The Bertz CT molecular complexity index is 685. The molecule has 0 radical (unpaired) electrons. The fraction of sp³-hybridized carbons (Fsp3) is 0.357. The normalized spacial score (nSPS) is 20.6. The van der Waals surface area contributed by atoms with E-state index >= 15 is 0 Å². The van der Waals surface area contributed by atoms with Gasteiger partial charge in [-0.3, -0.25) is 25.0 Å². The number of hydrogen-bond donors (Lipinski definition) is 3. The summed E-state index contributed by atoms with van der Waals surface area (Å²) in [6, 6.07) is 1.60. The van der Waals surface area contributed by atoms with Crippen molar-refractivity contribution in [3.63, 3.8) is 0 Å². The molecule has 0 saturated carbocycles. The van der Waals surface area contributed by atoms with Gasteiger partial charge in [-0.15, -0.1) is 0 Å². The van der Waals surface area contributed by atoms with Gasteiger partial charge in [-0.1, -0.05) is 0 Å². The number of imide groups is 1. The van der Waals surface area contributed by atoms with Crippen molar-refractivity contribution < 1.29 is 14.4 Å². The van der Waals surface area contributed by atoms with Crippen LogP contribution in [-0.4, -0.2) is 40.1 Å². The average Bonchev–Trinajstić information content (AvgIpc) is 2.86. The highest BCUT2D eigenvalue weighted by Gasteiger charge is 2.25. The third-order valence-corrected chi connectivity index (χ3v) is 4.35. The maximum absolute atomic E-state index is 12.2. The Kier molecular flexibility index (Phi) is 4.68. The lowest BCUT2D eigenvalue weighted by atomic mass is 9.97. The fourth-order valence-corrected chi connectivity index (χ4v) is 3.03. The van der Waals surface area contributed by atoms with Crippen molar-refractivity contribution in [3.05, 3.63) is 22.9 Å². The summed E-state index contributed by atoms with van der Waals surface area (Å²) in [5, 5.41) is 7.68. The van der Waals surface area contributed by atoms with E-state index in [0.29, 0.717) is 5.69 Å². The predicted molar refractivity (Wildman–Crippen MR) is 85.4 cm³/mol. The zero-order chi connectivity index (χ0) is 16.2. The number of rotatable bonds is 3. The molecule has 120 valence electrons. The van der Waals surface area contributed by atoms with E-state index in [1.165, 1.54) is 12.3 Å². The Hall–Kier alpha value is -2.26. The highest BCUT2D eigenvalue weighted by molar-refractivity contribution is 8.18. The number of aromatic nitrogens is 2. The van der Waals surface area contributed by atoms with Gasteiger partial charge in [-0.25, -0.2) is 9.97 Å². The van der Waals surface area contributed by atoms with Crippen molar-refractivity contribution >= 4 is 40.8 Å². The second-order valence-corrected chi connectivity index (χ2v) is 6.19. The van der Waals surface area contributed by atoms with Crippen molar-refractivity contribution in [2.45, 2.75) is 12.8 Å². The molecule has 2 aliphatic rings. The minimum absolute atomic E-state index is 0.0457. The summed E-state index contributed by atoms with van der Waals surface area (Å²) >= 11 is 0.818. The number of carbonyl (C=O) groups is 3. The van der Waals surface area contributed by atoms with E-state index in [2.05, 4.69) is 25.9 Å². The second kappa shape index (κ2) is 6.88. The SMILES string of the molecule is O=C1NC(=O)/C(=C/c2ccnc(NC(=O)C3CCNCC3)n2)S1. The van der Waals surface area contributed by atoms with Crippen LogP contribution in [0.25, 0.3) is 6.08 Å². The van der Waals surface area contributed by atoms with Gasteiger partial charge in [0.25, 0.3) is 11.1 Å². The number of hydrogen-bond acceptors (Lipinski definition) is 7. The molecule has 0 bridgehead atoms. The van der Waals surface area contributed by atoms with Crippen LogP contribution in [0.5, 0.6) is 0 Å². The molecule has 0 aromatic carbocycles. The molecule has 3 N–H and O–H groups in total. The van der Waals surface area contributed by atoms with E-state index in [1.807, 2.05) is 0 Å². The number of piperidine rings is 1. The highest BCUT2D eigenvalue weighted by Crippen LogP contribution is 2.25. The second-order valence-electron chi connectivity index (χ2n) is 5.17. The molecule has 0 aliphatic carbocycles. The lowest BCUT2D eigenvalue weighted by Crippen LogP contribution is -2.34. The fourth-order valence-electron chi connectivity index (χ4n) is 2.36. The molecule has 3 rings (SSSR count). The molecule has 0 atom stereocenters. The molecule has 2 fully saturated rings. The van der Waals surface area contributed by atoms with Gasteiger partial charge in [0, 0.05) is 12.1 Å². The van der Waals surface area contributed by atoms with Crippen LogP contribution in [0.1, 0.15) is 18.5 Å². The van der Waals surface area contributed by atoms with Crippen LogP contribution in [0.3, 0.4) is 0 Å². The topological polar surface area (TPSA) is 113 Å². The molecule has 23 heavy (non-hydrogen) atoms. The van der Waals surface area contributed by atoms with Crippen molar-refractivity contribution in [3.8, 4) is 0 Å². The van der Waals surface area contributed by atoms with Gasteiger partial charge >= 0.3 is 0 Å². The van der Waals surface area contributed by atoms with Gasteiger partial charge in [-0.2, -0.15) is 0 Å². The number of nitrogens with zero attached hydrogens (tertiary/aromatic N) is 2. The largest absolute Gasteiger partial charge is 0.317 e. The van der Waals surface area contributed by atoms with Crippen LogP contribution in [0.2, 0.25) is 0 Å². The van der Waals surface area contributed by atoms with E-state index < -0.39 is 11.1 Å². The number of nitrogens with one attached hydrogen (secondary N) is 3. The molecule has 2 aliphatic heterocycles. The Morgan fingerprint density at radius 3 is 2.83 bits per heavy atom. The van der Waals surface area contributed by atoms with Crippen molar-refractivity contribution in [1.29, 1.82) is 0 Å². The predicted octanol–water partition coefficient (Wildman–Crippen LogP) is 0.739. The number of thioether (sulfide) groups is 1. The molecular weight excluding hydrogens is 318 g/mol. The molecule has 1 aromatic rings. The van der Waals surface area contributed by atoms with Gasteiger partial charge in [0.1, 0.15) is 0 Å². The lowest BCUT2D eigenvalue weighted by molar-refractivity contribution is -0.120. The zero-order valence-electron chi connectivity index (χ0n) is 12.2. The van der Waals surface area contributed by atoms with E-state index in [1.54, 1.807) is 6.07 Å². The van der Waals surface area contributed by atoms with Crippen LogP contribution >= 0.6 is 11.8 Å². The summed E-state index contributed by atoms with van der Waals surface area (Å²) in [5.74, 6) is -0.397. The Morgan fingerprint density at radius 2 is 2.13 bits per heavy atom. The highest BCUT2D eigenvalue weighted by atomic mass is 32.2. The van der Waals surface area contributed by atoms with Crippen LogP contribution in [0.15, 0.2) is 17.2 Å². The van der Waals surface area contributed by atoms with Gasteiger partial charge in [0.15, 0.2) is 0 Å². The first-order valence-corrected chi connectivity index (χ1v) is 8.03. The van der Waals surface area contributed by atoms with Gasteiger partial charge in [-0.05, 0) is 49.8 Å². The van der Waals surface area contributed by atoms with Crippen LogP contribution in [0, 0.1) is 5.92 Å². The molecular formula is C14H15N5O3S. The maximum atomic E-state index is 12.2. The van der Waals surface area contributed by atoms with Crippen molar-refractivity contribution in [2.75, 3.05) is 18.4 Å². The Labute approximate surface area is 136 Å². The van der Waals surface area contributed by atoms with E-state index in [9.17, 15) is 14.4 Å². The summed E-state index contributed by atoms with van der Waals surface area (Å²) in [6.45, 7) is 1.65. The minimum Gasteiger partial charge on any atom is -0.317 e. The maximum Gasteiger partial charge on any atom is 0.290 e. The smallest absolute Gasteiger partial charge is 0.290 e. The van der Waals surface area contributed by atoms with E-state index in [4.69, 9.17) is 0 Å². The summed E-state index contributed by atoms with van der Waals surface area (Å²) in [4.78, 5) is 43.3. The monoisotopic (exact) mass is 333 g/mol. The first-order valence-electron chi connectivity index (χ1n) is 7.21. The molecule has 3 amide bonds. The standard InChI is InChI=1S/C14H15N5O3S/c20-11(8-1-4-15-5-2-8)18-13-16-6-3-9(17-13)7-10-12(21)19-14(22)23-10/h3,6-8,15H,1-2,4-5H2,(H,19,21,22)(H,16,17,18,20)/b10-7-. The lowest BCUT2D eigenvalue weighted by Gasteiger charge is -2.21. The molecule has 8 nitrogen and oxygen atoms in total. The Balaban J connectivity index is 1.70. The number of amides is 3. The third kappa shape index (κ3) is 3.93. The average molecular weight is 333 g/mol. The summed E-state index contributed by atoms with van der Waals surface area (Å²) < 4.78 is 0. The van der Waals surface area contributed by atoms with Gasteiger partial charge < -0.3 is 5.32 Å². The first-order chi connectivity index (χ1) is 11.1. The summed E-state index contributed by atoms with van der Waals surface area (Å²) in [7, 11) is 0. The number of carbonyl (C=O) groups excluding carboxylic acids is 3.